The number of rotatable bonds is 14. The summed E-state index contributed by atoms with van der Waals surface area (Å²) in [5, 5.41) is 29.9. The molecule has 16 heteroatoms. The van der Waals surface area contributed by atoms with Gasteiger partial charge in [0.2, 0.25) is 0 Å². The molecule has 0 aliphatic carbocycles. The van der Waals surface area contributed by atoms with E-state index in [4.69, 9.17) is 19.2 Å². The third-order valence-corrected chi connectivity index (χ3v) is 14.4. The Balaban J connectivity index is 0.000000221. The van der Waals surface area contributed by atoms with Gasteiger partial charge in [-0.3, -0.25) is 29.8 Å². The summed E-state index contributed by atoms with van der Waals surface area (Å²) in [6.45, 7) is 16.0. The number of non-ortho nitro benzene ring substituents is 2. The zero-order valence-electron chi connectivity index (χ0n) is 47.5. The smallest absolute Gasteiger partial charge is 0.346 e. The maximum Gasteiger partial charge on any atom is 0.373 e. The fourth-order valence-corrected chi connectivity index (χ4v) is 10.00. The summed E-state index contributed by atoms with van der Waals surface area (Å²) >= 11 is 0. The molecule has 0 unspecified atom stereocenters. The summed E-state index contributed by atoms with van der Waals surface area (Å²) < 4.78 is 4.44. The highest BCUT2D eigenvalue weighted by atomic mass is 16.6. The molecular formula is C68H62N6O10. The molecular weight excluding hydrogens is 1060 g/mol. The predicted molar refractivity (Wildman–Crippen MR) is 322 cm³/mol. The van der Waals surface area contributed by atoms with Gasteiger partial charge in [-0.05, 0) is 131 Å². The maximum absolute atomic E-state index is 13.1. The second-order valence-corrected chi connectivity index (χ2v) is 21.2. The monoisotopic (exact) mass is 1120 g/mol. The lowest BCUT2D eigenvalue weighted by Gasteiger charge is -2.23. The van der Waals surface area contributed by atoms with Gasteiger partial charge in [0.25, 0.3) is 23.2 Å². The van der Waals surface area contributed by atoms with Crippen molar-refractivity contribution in [2.75, 3.05) is 0 Å². The minimum absolute atomic E-state index is 0.0273. The number of nitro groups is 2. The average molecular weight is 1120 g/mol. The van der Waals surface area contributed by atoms with Gasteiger partial charge in [-0.1, -0.05) is 148 Å². The minimum atomic E-state index is -0.434. The van der Waals surface area contributed by atoms with E-state index in [1.54, 1.807) is 24.3 Å². The Morgan fingerprint density at radius 2 is 0.869 bits per heavy atom. The number of fused-ring (bicyclic) bond motifs is 2. The first kappa shape index (κ1) is 61.0. The van der Waals surface area contributed by atoms with Crippen LogP contribution in [0.1, 0.15) is 106 Å². The zero-order chi connectivity index (χ0) is 60.7. The highest BCUT2D eigenvalue weighted by Crippen LogP contribution is 2.34. The van der Waals surface area contributed by atoms with Crippen molar-refractivity contribution in [3.05, 3.63) is 271 Å². The van der Waals surface area contributed by atoms with E-state index in [1.807, 2.05) is 68.4 Å². The Bertz CT molecular complexity index is 4010. The van der Waals surface area contributed by atoms with Gasteiger partial charge < -0.3 is 19.8 Å². The molecule has 0 saturated heterocycles. The van der Waals surface area contributed by atoms with Crippen LogP contribution in [0.15, 0.2) is 200 Å². The van der Waals surface area contributed by atoms with E-state index >= 15 is 0 Å². The van der Waals surface area contributed by atoms with Gasteiger partial charge in [0.05, 0.1) is 21.9 Å². The first-order valence-corrected chi connectivity index (χ1v) is 26.8. The molecule has 16 nitrogen and oxygen atoms in total. The number of nitrogens with one attached hydrogen (secondary N) is 2. The summed E-state index contributed by atoms with van der Waals surface area (Å²) in [5.41, 5.74) is 15.9. The molecule has 10 aromatic rings. The number of aryl methyl sites for hydroxylation is 2. The summed E-state index contributed by atoms with van der Waals surface area (Å²) in [5.74, 6) is -0.368. The highest BCUT2D eigenvalue weighted by molar-refractivity contribution is 6.00. The number of nitrogens with zero attached hydrogens (tertiary/aromatic N) is 4. The van der Waals surface area contributed by atoms with E-state index in [-0.39, 0.29) is 53.0 Å². The van der Waals surface area contributed by atoms with E-state index in [2.05, 4.69) is 152 Å². The number of benzene rings is 8. The second-order valence-electron chi connectivity index (χ2n) is 21.2. The van der Waals surface area contributed by atoms with Crippen molar-refractivity contribution in [3.63, 3.8) is 0 Å². The third-order valence-electron chi connectivity index (χ3n) is 14.4. The van der Waals surface area contributed by atoms with E-state index in [0.717, 1.165) is 57.1 Å². The average Bonchev–Trinajstić information content (AvgIpc) is 3.96. The van der Waals surface area contributed by atoms with Crippen molar-refractivity contribution >= 4 is 57.3 Å². The Kier molecular flexibility index (Phi) is 20.1. The van der Waals surface area contributed by atoms with E-state index in [0.29, 0.717) is 11.1 Å². The Morgan fingerprint density at radius 3 is 1.26 bits per heavy atom. The van der Waals surface area contributed by atoms with Gasteiger partial charge in [0, 0.05) is 82.7 Å². The summed E-state index contributed by atoms with van der Waals surface area (Å²) in [6, 6.07) is 59.8. The summed E-state index contributed by atoms with van der Waals surface area (Å²) in [7, 11) is 0. The van der Waals surface area contributed by atoms with Gasteiger partial charge >= 0.3 is 12.3 Å². The Morgan fingerprint density at radius 1 is 0.500 bits per heavy atom. The quantitative estimate of drug-likeness (QED) is 0.0774. The lowest BCUT2D eigenvalue weighted by molar-refractivity contribution is -0.385. The molecule has 84 heavy (non-hydrogen) atoms. The molecule has 2 amide bonds. The topological polar surface area (TPSA) is 223 Å². The molecule has 2 aromatic heterocycles. The molecule has 2 heterocycles. The standard InChI is InChI=1S/C35H35N3O3.C31H27N3O3.2CO2/c1-23-21-37(22-25-10-12-27(13-11-25)30-8-6-7-9-32(30)35(3,4)5)33-19-16-28(20-31(23)33)34(39)36-24(2)26-14-17-29(18-15-26)38(40)41;1-21-19-33(20-23-8-10-26(11-9-23)25-6-4-3-5-7-25)30-17-14-27(18-29(21)30)31(35)32-22(2)24-12-15-28(16-13-24)34(36)37;2*2-1-3/h6-21,24H,22H2,1-5H3,(H,36,39);3-19,22H,20H2,1-2H3,(H,32,35);;/t24-;22-;;/m00../s1. The van der Waals surface area contributed by atoms with Crippen LogP contribution in [0.3, 0.4) is 0 Å². The maximum atomic E-state index is 13.1. The van der Waals surface area contributed by atoms with E-state index in [9.17, 15) is 29.8 Å². The predicted octanol–water partition coefficient (Wildman–Crippen LogP) is 14.3. The molecule has 10 rings (SSSR count). The molecule has 0 aliphatic rings. The van der Waals surface area contributed by atoms with Crippen molar-refractivity contribution < 1.29 is 38.6 Å². The molecule has 0 bridgehead atoms. The van der Waals surface area contributed by atoms with Gasteiger partial charge in [0.15, 0.2) is 0 Å². The number of aromatic nitrogens is 2. The fraction of sp³-hybridized carbons (Fsp3) is 0.176. The lowest BCUT2D eigenvalue weighted by Crippen LogP contribution is -2.26. The number of carbonyl (C=O) groups excluding carboxylic acids is 6. The molecule has 0 fully saturated rings. The summed E-state index contributed by atoms with van der Waals surface area (Å²) in [6.07, 6.45) is 4.76. The van der Waals surface area contributed by atoms with Crippen molar-refractivity contribution in [2.24, 2.45) is 0 Å². The van der Waals surface area contributed by atoms with Crippen LogP contribution in [-0.2, 0) is 37.7 Å². The molecule has 8 aromatic carbocycles. The third kappa shape index (κ3) is 15.2. The fourth-order valence-electron chi connectivity index (χ4n) is 10.00. The van der Waals surface area contributed by atoms with Crippen LogP contribution in [0.2, 0.25) is 0 Å². The zero-order valence-corrected chi connectivity index (χ0v) is 47.5. The van der Waals surface area contributed by atoms with Crippen molar-refractivity contribution in [3.8, 4) is 22.3 Å². The van der Waals surface area contributed by atoms with Crippen LogP contribution in [0.25, 0.3) is 44.1 Å². The second kappa shape index (κ2) is 27.7. The number of nitro benzene ring substituents is 2. The molecule has 2 N–H and O–H groups in total. The minimum Gasteiger partial charge on any atom is -0.346 e. The van der Waals surface area contributed by atoms with Crippen molar-refractivity contribution in [1.82, 2.24) is 19.8 Å². The molecule has 424 valence electrons. The van der Waals surface area contributed by atoms with Crippen LogP contribution in [0, 0.1) is 34.1 Å². The van der Waals surface area contributed by atoms with Gasteiger partial charge in [-0.2, -0.15) is 19.2 Å². The normalized spacial score (nSPS) is 11.4. The summed E-state index contributed by atoms with van der Waals surface area (Å²) in [4.78, 5) is 79.5. The SMILES string of the molecule is Cc1cn(Cc2ccc(-c3ccccc3)cc2)c2ccc(C(=O)N[C@@H](C)c3ccc([N+](=O)[O-])cc3)cc12.Cc1cn(Cc2ccc(-c3ccccc3C(C)(C)C)cc2)c2ccc(C(=O)N[C@@H](C)c3ccc([N+](=O)[O-])cc3)cc12.O=C=O.O=C=O. The highest BCUT2D eigenvalue weighted by Gasteiger charge is 2.20. The molecule has 0 radical (unpaired) electrons. The van der Waals surface area contributed by atoms with Crippen LogP contribution in [-0.4, -0.2) is 43.1 Å². The van der Waals surface area contributed by atoms with E-state index < -0.39 is 9.85 Å². The number of hydrogen-bond donors (Lipinski definition) is 2. The van der Waals surface area contributed by atoms with Gasteiger partial charge in [-0.25, -0.2) is 0 Å². The molecule has 0 spiro atoms. The van der Waals surface area contributed by atoms with Crippen LogP contribution in [0.4, 0.5) is 11.4 Å². The molecule has 2 atom stereocenters. The van der Waals surface area contributed by atoms with Crippen molar-refractivity contribution in [2.45, 2.75) is 79.1 Å². The van der Waals surface area contributed by atoms with Crippen molar-refractivity contribution in [1.29, 1.82) is 0 Å². The number of hydrogen-bond acceptors (Lipinski definition) is 10. The number of carbonyl (C=O) groups is 2. The molecule has 0 saturated carbocycles. The lowest BCUT2D eigenvalue weighted by atomic mass is 9.82. The first-order valence-electron chi connectivity index (χ1n) is 26.8. The molecule has 0 aliphatic heterocycles. The van der Waals surface area contributed by atoms with E-state index in [1.165, 1.54) is 63.2 Å². The Hall–Kier alpha value is -10.7. The van der Waals surface area contributed by atoms with Gasteiger partial charge in [-0.15, -0.1) is 0 Å². The van der Waals surface area contributed by atoms with Crippen LogP contribution < -0.4 is 10.6 Å². The largest absolute Gasteiger partial charge is 0.373 e. The van der Waals surface area contributed by atoms with Crippen LogP contribution in [0.5, 0.6) is 0 Å². The van der Waals surface area contributed by atoms with Crippen LogP contribution >= 0.6 is 0 Å². The number of amides is 2. The van der Waals surface area contributed by atoms with Gasteiger partial charge in [0.1, 0.15) is 0 Å². The Labute approximate surface area is 485 Å². The first-order chi connectivity index (χ1) is 40.2.